The third-order valence-corrected chi connectivity index (χ3v) is 6.08. The van der Waals surface area contributed by atoms with Crippen LogP contribution in [0.3, 0.4) is 0 Å². The molecule has 0 radical (unpaired) electrons. The van der Waals surface area contributed by atoms with Crippen LogP contribution in [-0.4, -0.2) is 45.2 Å². The fourth-order valence-electron chi connectivity index (χ4n) is 4.63. The van der Waals surface area contributed by atoms with Gasteiger partial charge in [0.15, 0.2) is 6.29 Å². The molecule has 0 aromatic heterocycles. The van der Waals surface area contributed by atoms with E-state index >= 15 is 0 Å². The second-order valence-corrected chi connectivity index (χ2v) is 7.74. The SMILES string of the molecule is CO[C@@H]1[C@@H](OC)[C@H](c2ccccc2)O[C@@H]2CO[C@@H](c3cccc4ccccc34)O[C@@H]12. The van der Waals surface area contributed by atoms with Gasteiger partial charge in [-0.1, -0.05) is 72.8 Å². The molecular formula is C25H26O5. The predicted octanol–water partition coefficient (Wildman–Crippen LogP) is 4.42. The summed E-state index contributed by atoms with van der Waals surface area (Å²) >= 11 is 0. The number of methoxy groups -OCH3 is 2. The van der Waals surface area contributed by atoms with Gasteiger partial charge in [-0.25, -0.2) is 0 Å². The zero-order valence-electron chi connectivity index (χ0n) is 17.1. The maximum absolute atomic E-state index is 6.45. The summed E-state index contributed by atoms with van der Waals surface area (Å²) in [6.07, 6.45) is -1.83. The fraction of sp³-hybridized carbons (Fsp3) is 0.360. The van der Waals surface area contributed by atoms with E-state index in [-0.39, 0.29) is 30.5 Å². The second-order valence-electron chi connectivity index (χ2n) is 7.74. The minimum atomic E-state index is -0.482. The molecule has 5 nitrogen and oxygen atoms in total. The summed E-state index contributed by atoms with van der Waals surface area (Å²) in [5.74, 6) is 0. The third-order valence-electron chi connectivity index (χ3n) is 6.08. The molecule has 0 spiro atoms. The molecule has 0 aliphatic carbocycles. The van der Waals surface area contributed by atoms with Crippen molar-refractivity contribution in [1.29, 1.82) is 0 Å². The van der Waals surface area contributed by atoms with Gasteiger partial charge in [0.25, 0.3) is 0 Å². The zero-order chi connectivity index (χ0) is 20.5. The van der Waals surface area contributed by atoms with Crippen LogP contribution < -0.4 is 0 Å². The smallest absolute Gasteiger partial charge is 0.185 e. The Hall–Kier alpha value is -2.28. The van der Waals surface area contributed by atoms with Crippen LogP contribution in [0.5, 0.6) is 0 Å². The highest BCUT2D eigenvalue weighted by Gasteiger charge is 2.51. The van der Waals surface area contributed by atoms with Crippen molar-refractivity contribution < 1.29 is 23.7 Å². The summed E-state index contributed by atoms with van der Waals surface area (Å²) in [4.78, 5) is 0. The van der Waals surface area contributed by atoms with Crippen LogP contribution in [0.1, 0.15) is 23.5 Å². The van der Waals surface area contributed by atoms with E-state index in [1.165, 1.54) is 0 Å². The molecule has 2 saturated heterocycles. The molecule has 0 bridgehead atoms. The molecule has 2 heterocycles. The number of fused-ring (bicyclic) bond motifs is 2. The monoisotopic (exact) mass is 406 g/mol. The van der Waals surface area contributed by atoms with E-state index in [1.807, 2.05) is 48.5 Å². The summed E-state index contributed by atoms with van der Waals surface area (Å²) in [6, 6.07) is 24.5. The fourth-order valence-corrected chi connectivity index (χ4v) is 4.63. The lowest BCUT2D eigenvalue weighted by molar-refractivity contribution is -0.334. The van der Waals surface area contributed by atoms with E-state index in [9.17, 15) is 0 Å². The average molecular weight is 406 g/mol. The Morgan fingerprint density at radius 1 is 0.767 bits per heavy atom. The molecule has 2 fully saturated rings. The number of hydrogen-bond donors (Lipinski definition) is 0. The van der Waals surface area contributed by atoms with Crippen molar-refractivity contribution in [3.05, 3.63) is 83.9 Å². The highest BCUT2D eigenvalue weighted by atomic mass is 16.7. The van der Waals surface area contributed by atoms with Crippen molar-refractivity contribution in [1.82, 2.24) is 0 Å². The van der Waals surface area contributed by atoms with Gasteiger partial charge in [0, 0.05) is 19.8 Å². The standard InChI is InChI=1S/C25H26O5/c1-26-23-21(17-10-4-3-5-11-17)29-20-15-28-25(30-22(20)24(23)27-2)19-14-8-12-16-9-6-7-13-18(16)19/h3-14,20-25H,15H2,1-2H3/t20-,21+,22-,23+,24+,25-/m1/s1. The third kappa shape index (κ3) is 3.43. The molecule has 30 heavy (non-hydrogen) atoms. The Morgan fingerprint density at radius 3 is 2.30 bits per heavy atom. The maximum atomic E-state index is 6.45. The van der Waals surface area contributed by atoms with Crippen molar-refractivity contribution in [3.8, 4) is 0 Å². The molecule has 5 heteroatoms. The van der Waals surface area contributed by atoms with Gasteiger partial charge in [0.05, 0.1) is 6.61 Å². The van der Waals surface area contributed by atoms with Gasteiger partial charge in [0.2, 0.25) is 0 Å². The number of hydrogen-bond acceptors (Lipinski definition) is 5. The van der Waals surface area contributed by atoms with Crippen LogP contribution in [0.2, 0.25) is 0 Å². The summed E-state index contributed by atoms with van der Waals surface area (Å²) in [5, 5.41) is 2.28. The topological polar surface area (TPSA) is 46.2 Å². The first-order valence-corrected chi connectivity index (χ1v) is 10.3. The van der Waals surface area contributed by atoms with Gasteiger partial charge in [-0.05, 0) is 16.3 Å². The normalized spacial score (nSPS) is 31.4. The Bertz CT molecular complexity index is 986. The van der Waals surface area contributed by atoms with E-state index in [0.717, 1.165) is 21.9 Å². The molecule has 5 rings (SSSR count). The van der Waals surface area contributed by atoms with Crippen LogP contribution in [0, 0.1) is 0 Å². The average Bonchev–Trinajstić information content (AvgIpc) is 2.82. The highest BCUT2D eigenvalue weighted by molar-refractivity contribution is 5.85. The molecule has 2 aliphatic rings. The molecule has 6 atom stereocenters. The minimum absolute atomic E-state index is 0.238. The van der Waals surface area contributed by atoms with E-state index in [0.29, 0.717) is 6.61 Å². The van der Waals surface area contributed by atoms with Crippen molar-refractivity contribution in [2.45, 2.75) is 36.8 Å². The van der Waals surface area contributed by atoms with Gasteiger partial charge in [-0.2, -0.15) is 0 Å². The van der Waals surface area contributed by atoms with Crippen molar-refractivity contribution in [3.63, 3.8) is 0 Å². The quantitative estimate of drug-likeness (QED) is 0.642. The second kappa shape index (κ2) is 8.46. The lowest BCUT2D eigenvalue weighted by atomic mass is 9.90. The Balaban J connectivity index is 1.45. The molecule has 0 amide bonds. The molecule has 3 aromatic carbocycles. The van der Waals surface area contributed by atoms with E-state index in [2.05, 4.69) is 24.3 Å². The van der Waals surface area contributed by atoms with Crippen LogP contribution >= 0.6 is 0 Å². The molecule has 2 aliphatic heterocycles. The molecule has 0 saturated carbocycles. The van der Waals surface area contributed by atoms with Crippen molar-refractivity contribution in [2.24, 2.45) is 0 Å². The molecule has 0 unspecified atom stereocenters. The molecular weight excluding hydrogens is 380 g/mol. The van der Waals surface area contributed by atoms with E-state index in [4.69, 9.17) is 23.7 Å². The van der Waals surface area contributed by atoms with Crippen LogP contribution in [-0.2, 0) is 23.7 Å². The summed E-state index contributed by atoms with van der Waals surface area (Å²) in [5.41, 5.74) is 2.07. The lowest BCUT2D eigenvalue weighted by Gasteiger charge is -2.49. The van der Waals surface area contributed by atoms with Crippen LogP contribution in [0.15, 0.2) is 72.8 Å². The Morgan fingerprint density at radius 2 is 1.50 bits per heavy atom. The summed E-state index contributed by atoms with van der Waals surface area (Å²) in [6.45, 7) is 0.429. The minimum Gasteiger partial charge on any atom is -0.376 e. The highest BCUT2D eigenvalue weighted by Crippen LogP contribution is 2.41. The first kappa shape index (κ1) is 19.7. The summed E-state index contributed by atoms with van der Waals surface area (Å²) < 4.78 is 30.8. The van der Waals surface area contributed by atoms with Gasteiger partial charge >= 0.3 is 0 Å². The van der Waals surface area contributed by atoms with Crippen LogP contribution in [0.25, 0.3) is 10.8 Å². The predicted molar refractivity (Wildman–Crippen MR) is 113 cm³/mol. The van der Waals surface area contributed by atoms with Gasteiger partial charge in [-0.15, -0.1) is 0 Å². The summed E-state index contributed by atoms with van der Waals surface area (Å²) in [7, 11) is 3.39. The van der Waals surface area contributed by atoms with Crippen molar-refractivity contribution >= 4 is 10.8 Å². The maximum Gasteiger partial charge on any atom is 0.185 e. The lowest BCUT2D eigenvalue weighted by Crippen LogP contribution is -2.60. The molecule has 156 valence electrons. The van der Waals surface area contributed by atoms with Gasteiger partial charge < -0.3 is 23.7 Å². The number of benzene rings is 3. The van der Waals surface area contributed by atoms with Crippen molar-refractivity contribution in [2.75, 3.05) is 20.8 Å². The van der Waals surface area contributed by atoms with Gasteiger partial charge in [-0.3, -0.25) is 0 Å². The largest absolute Gasteiger partial charge is 0.376 e. The Labute approximate surface area is 176 Å². The number of rotatable bonds is 4. The number of ether oxygens (including phenoxy) is 5. The zero-order valence-corrected chi connectivity index (χ0v) is 17.1. The molecule has 3 aromatic rings. The Kier molecular flexibility index (Phi) is 5.54. The molecule has 0 N–H and O–H groups in total. The van der Waals surface area contributed by atoms with Crippen LogP contribution in [0.4, 0.5) is 0 Å². The van der Waals surface area contributed by atoms with E-state index in [1.54, 1.807) is 14.2 Å². The first-order valence-electron chi connectivity index (χ1n) is 10.3. The first-order chi connectivity index (χ1) is 14.8. The van der Waals surface area contributed by atoms with E-state index < -0.39 is 6.29 Å². The van der Waals surface area contributed by atoms with Gasteiger partial charge in [0.1, 0.15) is 30.5 Å².